The summed E-state index contributed by atoms with van der Waals surface area (Å²) < 4.78 is 5.87. The molecule has 0 bridgehead atoms. The van der Waals surface area contributed by atoms with E-state index in [0.29, 0.717) is 5.88 Å². The maximum atomic E-state index is 5.87. The molecule has 0 aliphatic heterocycles. The number of rotatable bonds is 5. The van der Waals surface area contributed by atoms with Gasteiger partial charge in [0.1, 0.15) is 0 Å². The molecule has 0 aliphatic rings. The third-order valence-corrected chi connectivity index (χ3v) is 3.43. The minimum Gasteiger partial charge on any atom is -0.474 e. The van der Waals surface area contributed by atoms with Gasteiger partial charge in [-0.2, -0.15) is 0 Å². The summed E-state index contributed by atoms with van der Waals surface area (Å²) in [7, 11) is 0. The second kappa shape index (κ2) is 6.48. The van der Waals surface area contributed by atoms with Crippen molar-refractivity contribution in [2.45, 2.75) is 26.5 Å². The van der Waals surface area contributed by atoms with Crippen LogP contribution in [-0.2, 0) is 6.54 Å². The number of anilines is 1. The molecule has 2 aromatic carbocycles. The first-order chi connectivity index (χ1) is 10.7. The van der Waals surface area contributed by atoms with Crippen LogP contribution in [0.4, 0.5) is 5.69 Å². The zero-order valence-electron chi connectivity index (χ0n) is 12.9. The van der Waals surface area contributed by atoms with Crippen molar-refractivity contribution in [3.05, 3.63) is 66.4 Å². The van der Waals surface area contributed by atoms with Crippen molar-refractivity contribution in [3.63, 3.8) is 0 Å². The Balaban J connectivity index is 1.94. The maximum absolute atomic E-state index is 5.87. The molecular formula is C19H20N2O. The second-order valence-electron chi connectivity index (χ2n) is 5.53. The number of aromatic nitrogens is 1. The van der Waals surface area contributed by atoms with Gasteiger partial charge in [-0.1, -0.05) is 42.5 Å². The van der Waals surface area contributed by atoms with Gasteiger partial charge in [0.25, 0.3) is 0 Å². The molecule has 0 saturated heterocycles. The van der Waals surface area contributed by atoms with E-state index in [1.165, 1.54) is 5.56 Å². The smallest absolute Gasteiger partial charge is 0.223 e. The lowest BCUT2D eigenvalue weighted by atomic mass is 10.1. The molecule has 0 amide bonds. The van der Waals surface area contributed by atoms with E-state index in [4.69, 9.17) is 4.74 Å². The van der Waals surface area contributed by atoms with Gasteiger partial charge in [-0.15, -0.1) is 0 Å². The van der Waals surface area contributed by atoms with Crippen molar-refractivity contribution >= 4 is 16.5 Å². The number of hydrogen-bond donors (Lipinski definition) is 1. The van der Waals surface area contributed by atoms with Crippen molar-refractivity contribution in [1.82, 2.24) is 4.98 Å². The molecule has 0 aliphatic carbocycles. The van der Waals surface area contributed by atoms with E-state index in [1.807, 2.05) is 26.0 Å². The predicted molar refractivity (Wildman–Crippen MR) is 91.3 cm³/mol. The Kier molecular flexibility index (Phi) is 4.24. The van der Waals surface area contributed by atoms with Crippen LogP contribution >= 0.6 is 0 Å². The van der Waals surface area contributed by atoms with Crippen LogP contribution in [0.1, 0.15) is 19.4 Å². The Morgan fingerprint density at radius 2 is 1.82 bits per heavy atom. The fourth-order valence-corrected chi connectivity index (χ4v) is 2.45. The van der Waals surface area contributed by atoms with Gasteiger partial charge in [0.05, 0.1) is 11.5 Å². The monoisotopic (exact) mass is 292 g/mol. The predicted octanol–water partition coefficient (Wildman–Crippen LogP) is 4.63. The van der Waals surface area contributed by atoms with Crippen LogP contribution in [0, 0.1) is 0 Å². The minimum atomic E-state index is 0.0975. The molecule has 3 aromatic rings. The normalized spacial score (nSPS) is 10.9. The molecule has 0 spiro atoms. The maximum Gasteiger partial charge on any atom is 0.223 e. The Labute approximate surface area is 131 Å². The van der Waals surface area contributed by atoms with Crippen molar-refractivity contribution in [3.8, 4) is 5.88 Å². The average Bonchev–Trinajstić information content (AvgIpc) is 2.53. The molecule has 22 heavy (non-hydrogen) atoms. The largest absolute Gasteiger partial charge is 0.474 e. The minimum absolute atomic E-state index is 0.0975. The van der Waals surface area contributed by atoms with Crippen LogP contribution < -0.4 is 10.1 Å². The highest BCUT2D eigenvalue weighted by Crippen LogP contribution is 2.31. The molecule has 0 fully saturated rings. The first-order valence-electron chi connectivity index (χ1n) is 7.56. The van der Waals surface area contributed by atoms with Gasteiger partial charge < -0.3 is 10.1 Å². The van der Waals surface area contributed by atoms with E-state index in [-0.39, 0.29) is 6.10 Å². The van der Waals surface area contributed by atoms with Gasteiger partial charge in [0, 0.05) is 18.4 Å². The van der Waals surface area contributed by atoms with Crippen LogP contribution in [0.3, 0.4) is 0 Å². The quantitative estimate of drug-likeness (QED) is 0.744. The molecule has 3 rings (SSSR count). The topological polar surface area (TPSA) is 34.1 Å². The fraction of sp³-hybridized carbons (Fsp3) is 0.211. The van der Waals surface area contributed by atoms with E-state index in [1.54, 1.807) is 6.20 Å². The van der Waals surface area contributed by atoms with E-state index in [0.717, 1.165) is 23.0 Å². The Morgan fingerprint density at radius 1 is 1.00 bits per heavy atom. The zero-order valence-corrected chi connectivity index (χ0v) is 12.9. The first-order valence-corrected chi connectivity index (χ1v) is 7.56. The summed E-state index contributed by atoms with van der Waals surface area (Å²) >= 11 is 0. The number of nitrogens with zero attached hydrogens (tertiary/aromatic N) is 1. The van der Waals surface area contributed by atoms with Crippen molar-refractivity contribution < 1.29 is 4.74 Å². The Morgan fingerprint density at radius 3 is 2.59 bits per heavy atom. The first kappa shape index (κ1) is 14.4. The van der Waals surface area contributed by atoms with Crippen molar-refractivity contribution in [1.29, 1.82) is 0 Å². The van der Waals surface area contributed by atoms with Crippen LogP contribution in [0.2, 0.25) is 0 Å². The van der Waals surface area contributed by atoms with Crippen molar-refractivity contribution in [2.24, 2.45) is 0 Å². The van der Waals surface area contributed by atoms with E-state index in [2.05, 4.69) is 52.8 Å². The highest BCUT2D eigenvalue weighted by molar-refractivity contribution is 5.97. The molecule has 0 unspecified atom stereocenters. The second-order valence-corrected chi connectivity index (χ2v) is 5.53. The van der Waals surface area contributed by atoms with E-state index >= 15 is 0 Å². The summed E-state index contributed by atoms with van der Waals surface area (Å²) in [5.41, 5.74) is 2.29. The highest BCUT2D eigenvalue weighted by Gasteiger charge is 2.10. The number of benzene rings is 2. The molecule has 3 heteroatoms. The molecule has 112 valence electrons. The van der Waals surface area contributed by atoms with Crippen LogP contribution in [0.25, 0.3) is 10.8 Å². The molecule has 1 N–H and O–H groups in total. The summed E-state index contributed by atoms with van der Waals surface area (Å²) in [5.74, 6) is 0.684. The molecule has 0 saturated carbocycles. The van der Waals surface area contributed by atoms with Crippen LogP contribution in [0.15, 0.2) is 60.8 Å². The molecule has 0 radical (unpaired) electrons. The molecule has 3 nitrogen and oxygen atoms in total. The summed E-state index contributed by atoms with van der Waals surface area (Å²) in [6.07, 6.45) is 1.89. The van der Waals surface area contributed by atoms with Gasteiger partial charge in [-0.25, -0.2) is 4.98 Å². The van der Waals surface area contributed by atoms with E-state index < -0.39 is 0 Å². The summed E-state index contributed by atoms with van der Waals surface area (Å²) in [4.78, 5) is 4.40. The summed E-state index contributed by atoms with van der Waals surface area (Å²) in [6.45, 7) is 4.80. The van der Waals surface area contributed by atoms with Gasteiger partial charge in [-0.05, 0) is 36.9 Å². The Hall–Kier alpha value is -2.55. The summed E-state index contributed by atoms with van der Waals surface area (Å²) in [5, 5.41) is 5.66. The third-order valence-electron chi connectivity index (χ3n) is 3.43. The lowest BCUT2D eigenvalue weighted by Gasteiger charge is -2.15. The number of nitrogens with one attached hydrogen (secondary N) is 1. The molecule has 1 aromatic heterocycles. The zero-order chi connectivity index (χ0) is 15.4. The van der Waals surface area contributed by atoms with Gasteiger partial charge in [-0.3, -0.25) is 0 Å². The standard InChI is InChI=1S/C19H20N2O/c1-14(2)22-19-18-16(11-12-20-19)9-6-10-17(18)21-13-15-7-4-3-5-8-15/h3-12,14,21H,13H2,1-2H3. The lowest BCUT2D eigenvalue weighted by molar-refractivity contribution is 0.236. The lowest BCUT2D eigenvalue weighted by Crippen LogP contribution is -2.08. The number of ether oxygens (including phenoxy) is 1. The molecule has 1 heterocycles. The van der Waals surface area contributed by atoms with Gasteiger partial charge in [0.2, 0.25) is 5.88 Å². The van der Waals surface area contributed by atoms with Crippen molar-refractivity contribution in [2.75, 3.05) is 5.32 Å². The number of hydrogen-bond acceptors (Lipinski definition) is 3. The SMILES string of the molecule is CC(C)Oc1nccc2cccc(NCc3ccccc3)c12. The highest BCUT2D eigenvalue weighted by atomic mass is 16.5. The Bertz CT molecular complexity index is 748. The fourth-order valence-electron chi connectivity index (χ4n) is 2.45. The number of fused-ring (bicyclic) bond motifs is 1. The third kappa shape index (κ3) is 3.19. The van der Waals surface area contributed by atoms with Crippen LogP contribution in [-0.4, -0.2) is 11.1 Å². The van der Waals surface area contributed by atoms with Gasteiger partial charge >= 0.3 is 0 Å². The molecular weight excluding hydrogens is 272 g/mol. The van der Waals surface area contributed by atoms with E-state index in [9.17, 15) is 0 Å². The van der Waals surface area contributed by atoms with Gasteiger partial charge in [0.15, 0.2) is 0 Å². The van der Waals surface area contributed by atoms with Crippen LogP contribution in [0.5, 0.6) is 5.88 Å². The summed E-state index contributed by atoms with van der Waals surface area (Å²) in [6, 6.07) is 18.6. The number of pyridine rings is 1. The molecule has 0 atom stereocenters. The average molecular weight is 292 g/mol.